The molecule has 1 aromatic heterocycles. The van der Waals surface area contributed by atoms with E-state index in [0.29, 0.717) is 42.5 Å². The summed E-state index contributed by atoms with van der Waals surface area (Å²) in [5.41, 5.74) is 0.554. The molecule has 3 rings (SSSR count). The lowest BCUT2D eigenvalue weighted by Gasteiger charge is -2.29. The van der Waals surface area contributed by atoms with Gasteiger partial charge in [-0.25, -0.2) is 9.37 Å². The van der Waals surface area contributed by atoms with Crippen molar-refractivity contribution in [2.45, 2.75) is 50.6 Å². The summed E-state index contributed by atoms with van der Waals surface area (Å²) >= 11 is 0. The lowest BCUT2D eigenvalue weighted by molar-refractivity contribution is -0.137. The highest BCUT2D eigenvalue weighted by atomic mass is 19.1. The second-order valence-electron chi connectivity index (χ2n) is 7.32. The summed E-state index contributed by atoms with van der Waals surface area (Å²) in [4.78, 5) is 43.9. The van der Waals surface area contributed by atoms with Crippen LogP contribution in [0.5, 0.6) is 0 Å². The molecule has 1 aliphatic heterocycles. The Kier molecular flexibility index (Phi) is 5.62. The number of aromatic nitrogens is 2. The van der Waals surface area contributed by atoms with Gasteiger partial charge in [0.15, 0.2) is 0 Å². The second-order valence-corrected chi connectivity index (χ2v) is 7.32. The van der Waals surface area contributed by atoms with E-state index in [2.05, 4.69) is 15.3 Å². The molecule has 1 saturated heterocycles. The monoisotopic (exact) mass is 390 g/mol. The normalized spacial score (nSPS) is 19.0. The van der Waals surface area contributed by atoms with Crippen molar-refractivity contribution < 1.29 is 23.9 Å². The van der Waals surface area contributed by atoms with Crippen molar-refractivity contribution in [2.24, 2.45) is 0 Å². The van der Waals surface area contributed by atoms with E-state index in [1.165, 1.54) is 17.0 Å². The zero-order valence-corrected chi connectivity index (χ0v) is 15.6. The van der Waals surface area contributed by atoms with Crippen LogP contribution in [0.15, 0.2) is 18.2 Å². The van der Waals surface area contributed by atoms with E-state index in [1.54, 1.807) is 13.1 Å². The second kappa shape index (κ2) is 7.95. The third-order valence-corrected chi connectivity index (χ3v) is 5.18. The highest BCUT2D eigenvalue weighted by molar-refractivity contribution is 5.80. The van der Waals surface area contributed by atoms with Crippen LogP contribution in [0.1, 0.15) is 44.3 Å². The van der Waals surface area contributed by atoms with Crippen molar-refractivity contribution in [3.8, 4) is 0 Å². The Morgan fingerprint density at radius 3 is 2.75 bits per heavy atom. The number of carboxylic acid groups (broad SMARTS) is 1. The molecule has 2 amide bonds. The topological polar surface area (TPSA) is 115 Å². The van der Waals surface area contributed by atoms with E-state index >= 15 is 0 Å². The van der Waals surface area contributed by atoms with E-state index in [0.717, 1.165) is 0 Å². The van der Waals surface area contributed by atoms with Gasteiger partial charge in [0.2, 0.25) is 11.8 Å². The van der Waals surface area contributed by atoms with Crippen LogP contribution in [-0.2, 0) is 20.9 Å². The number of fused-ring (bicyclic) bond motifs is 1. The maximum Gasteiger partial charge on any atom is 0.303 e. The van der Waals surface area contributed by atoms with Gasteiger partial charge < -0.3 is 20.3 Å². The molecule has 8 nitrogen and oxygen atoms in total. The molecule has 2 aromatic rings. The molecule has 3 N–H and O–H groups in total. The molecule has 9 heteroatoms. The van der Waals surface area contributed by atoms with Gasteiger partial charge in [-0.1, -0.05) is 0 Å². The van der Waals surface area contributed by atoms with Crippen molar-refractivity contribution in [2.75, 3.05) is 7.05 Å². The van der Waals surface area contributed by atoms with Gasteiger partial charge in [0, 0.05) is 31.8 Å². The summed E-state index contributed by atoms with van der Waals surface area (Å²) in [6.07, 6.45) is 1.70. The Bertz CT molecular complexity index is 912. The minimum atomic E-state index is -0.926. The van der Waals surface area contributed by atoms with Gasteiger partial charge >= 0.3 is 5.97 Å². The average Bonchev–Trinajstić information content (AvgIpc) is 3.20. The van der Waals surface area contributed by atoms with Crippen molar-refractivity contribution in [3.63, 3.8) is 0 Å². The number of imidazole rings is 1. The zero-order valence-electron chi connectivity index (χ0n) is 15.6. The number of halogens is 1. The Morgan fingerprint density at radius 2 is 2.07 bits per heavy atom. The number of rotatable bonds is 8. The molecule has 2 heterocycles. The quantitative estimate of drug-likeness (QED) is 0.637. The van der Waals surface area contributed by atoms with E-state index < -0.39 is 11.5 Å². The van der Waals surface area contributed by atoms with E-state index in [4.69, 9.17) is 5.11 Å². The van der Waals surface area contributed by atoms with Gasteiger partial charge in [0.05, 0.1) is 17.6 Å². The van der Waals surface area contributed by atoms with Crippen LogP contribution < -0.4 is 5.32 Å². The molecule has 1 aliphatic rings. The highest BCUT2D eigenvalue weighted by Crippen LogP contribution is 2.30. The SMILES string of the molecule is CN(Cc1nc2ccc(F)cc2[nH]1)C(=O)CCC1(CCC(=O)O)CCC(=O)N1. The third-order valence-electron chi connectivity index (χ3n) is 5.18. The number of H-pyrrole nitrogens is 1. The summed E-state index contributed by atoms with van der Waals surface area (Å²) in [5, 5.41) is 11.8. The minimum Gasteiger partial charge on any atom is -0.481 e. The van der Waals surface area contributed by atoms with Crippen LogP contribution in [0.4, 0.5) is 4.39 Å². The van der Waals surface area contributed by atoms with Gasteiger partial charge in [-0.05, 0) is 37.5 Å². The number of amides is 2. The molecule has 0 spiro atoms. The van der Waals surface area contributed by atoms with Crippen molar-refractivity contribution in [1.29, 1.82) is 0 Å². The van der Waals surface area contributed by atoms with Gasteiger partial charge in [-0.2, -0.15) is 0 Å². The zero-order chi connectivity index (χ0) is 20.3. The fraction of sp³-hybridized carbons (Fsp3) is 0.474. The molecule has 150 valence electrons. The first-order valence-electron chi connectivity index (χ1n) is 9.17. The number of aromatic amines is 1. The summed E-state index contributed by atoms with van der Waals surface area (Å²) in [5.74, 6) is -0.989. The number of benzene rings is 1. The number of aliphatic carboxylic acids is 1. The first-order valence-corrected chi connectivity index (χ1v) is 9.17. The van der Waals surface area contributed by atoms with Crippen LogP contribution in [0, 0.1) is 5.82 Å². The number of carbonyl (C=O) groups is 3. The maximum atomic E-state index is 13.3. The van der Waals surface area contributed by atoms with Gasteiger partial charge in [-0.3, -0.25) is 14.4 Å². The standard InChI is InChI=1S/C19H23FN4O4/c1-24(11-15-21-13-3-2-12(20)10-14(13)22-15)17(26)5-8-19(9-6-18(27)28)7-4-16(25)23-19/h2-3,10H,4-9,11H2,1H3,(H,21,22)(H,23,25)(H,27,28). The summed E-state index contributed by atoms with van der Waals surface area (Å²) in [6.45, 7) is 0.240. The Morgan fingerprint density at radius 1 is 1.32 bits per heavy atom. The predicted molar refractivity (Wildman–Crippen MR) is 98.7 cm³/mol. The predicted octanol–water partition coefficient (Wildman–Crippen LogP) is 1.95. The lowest BCUT2D eigenvalue weighted by Crippen LogP contribution is -2.43. The molecule has 0 radical (unpaired) electrons. The van der Waals surface area contributed by atoms with Crippen LogP contribution in [-0.4, -0.2) is 50.3 Å². The molecule has 0 bridgehead atoms. The van der Waals surface area contributed by atoms with Crippen molar-refractivity contribution in [3.05, 3.63) is 29.8 Å². The van der Waals surface area contributed by atoms with Gasteiger partial charge in [-0.15, -0.1) is 0 Å². The molecular formula is C19H23FN4O4. The number of nitrogens with zero attached hydrogens (tertiary/aromatic N) is 2. The highest BCUT2D eigenvalue weighted by Gasteiger charge is 2.38. The summed E-state index contributed by atoms with van der Waals surface area (Å²) in [6, 6.07) is 4.25. The number of carboxylic acids is 1. The van der Waals surface area contributed by atoms with Crippen LogP contribution >= 0.6 is 0 Å². The average molecular weight is 390 g/mol. The molecule has 28 heavy (non-hydrogen) atoms. The number of hydrogen-bond donors (Lipinski definition) is 3. The molecule has 1 unspecified atom stereocenters. The smallest absolute Gasteiger partial charge is 0.303 e. The molecule has 1 atom stereocenters. The van der Waals surface area contributed by atoms with Crippen molar-refractivity contribution in [1.82, 2.24) is 20.2 Å². The van der Waals surface area contributed by atoms with Crippen molar-refractivity contribution >= 4 is 28.8 Å². The van der Waals surface area contributed by atoms with Crippen LogP contribution in [0.25, 0.3) is 11.0 Å². The molecule has 1 fully saturated rings. The number of carbonyl (C=O) groups excluding carboxylic acids is 2. The molecular weight excluding hydrogens is 367 g/mol. The van der Waals surface area contributed by atoms with Gasteiger partial charge in [0.25, 0.3) is 0 Å². The fourth-order valence-corrected chi connectivity index (χ4v) is 3.58. The fourth-order valence-electron chi connectivity index (χ4n) is 3.58. The Hall–Kier alpha value is -2.97. The third kappa shape index (κ3) is 4.65. The number of nitrogens with one attached hydrogen (secondary N) is 2. The first kappa shape index (κ1) is 19.8. The maximum absolute atomic E-state index is 13.3. The number of hydrogen-bond acceptors (Lipinski definition) is 4. The Balaban J connectivity index is 1.59. The summed E-state index contributed by atoms with van der Waals surface area (Å²) in [7, 11) is 1.65. The lowest BCUT2D eigenvalue weighted by atomic mass is 9.86. The molecule has 0 saturated carbocycles. The largest absolute Gasteiger partial charge is 0.481 e. The van der Waals surface area contributed by atoms with Gasteiger partial charge in [0.1, 0.15) is 11.6 Å². The first-order chi connectivity index (χ1) is 13.3. The Labute approximate surface area is 161 Å². The molecule has 0 aliphatic carbocycles. The van der Waals surface area contributed by atoms with E-state index in [9.17, 15) is 18.8 Å². The van der Waals surface area contributed by atoms with Crippen LogP contribution in [0.2, 0.25) is 0 Å². The minimum absolute atomic E-state index is 0.0557. The van der Waals surface area contributed by atoms with E-state index in [-0.39, 0.29) is 37.0 Å². The molecule has 1 aromatic carbocycles. The van der Waals surface area contributed by atoms with E-state index in [1.807, 2.05) is 0 Å². The van der Waals surface area contributed by atoms with Crippen LogP contribution in [0.3, 0.4) is 0 Å². The summed E-state index contributed by atoms with van der Waals surface area (Å²) < 4.78 is 13.3.